The average molecular weight is 491 g/mol. The predicted octanol–water partition coefficient (Wildman–Crippen LogP) is 4.81. The number of amides is 1. The van der Waals surface area contributed by atoms with Gasteiger partial charge in [-0.2, -0.15) is 0 Å². The van der Waals surface area contributed by atoms with Crippen molar-refractivity contribution in [3.63, 3.8) is 0 Å². The van der Waals surface area contributed by atoms with Crippen molar-refractivity contribution in [2.24, 2.45) is 0 Å². The zero-order valence-corrected chi connectivity index (χ0v) is 19.4. The summed E-state index contributed by atoms with van der Waals surface area (Å²) in [6.45, 7) is 3.01. The molecular formula is C23H20ClFN2O5S. The maximum absolute atomic E-state index is 14.0. The Hall–Kier alpha value is -3.30. The van der Waals surface area contributed by atoms with Crippen LogP contribution in [0.1, 0.15) is 38.2 Å². The molecule has 1 heterocycles. The van der Waals surface area contributed by atoms with E-state index in [0.29, 0.717) is 5.69 Å². The average Bonchev–Trinajstić information content (AvgIpc) is 3.18. The van der Waals surface area contributed by atoms with Crippen LogP contribution >= 0.6 is 22.9 Å². The Balaban J connectivity index is 1.82. The second-order valence-electron chi connectivity index (χ2n) is 6.80. The number of anilines is 1. The van der Waals surface area contributed by atoms with E-state index in [4.69, 9.17) is 21.1 Å². The third kappa shape index (κ3) is 6.15. The molecule has 0 bridgehead atoms. The first-order chi connectivity index (χ1) is 15.8. The molecule has 0 saturated heterocycles. The van der Waals surface area contributed by atoms with E-state index in [1.54, 1.807) is 13.8 Å². The lowest BCUT2D eigenvalue weighted by molar-refractivity contribution is -0.121. The van der Waals surface area contributed by atoms with Crippen molar-refractivity contribution in [2.75, 3.05) is 18.1 Å². The maximum atomic E-state index is 14.0. The van der Waals surface area contributed by atoms with Crippen LogP contribution in [-0.2, 0) is 20.8 Å². The minimum Gasteiger partial charge on any atom is -0.462 e. The van der Waals surface area contributed by atoms with Crippen LogP contribution in [0.4, 0.5) is 9.52 Å². The minimum atomic E-state index is -1.00. The Morgan fingerprint density at radius 2 is 1.82 bits per heavy atom. The van der Waals surface area contributed by atoms with Crippen LogP contribution in [0.3, 0.4) is 0 Å². The highest BCUT2D eigenvalue weighted by Crippen LogP contribution is 2.28. The van der Waals surface area contributed by atoms with Gasteiger partial charge in [-0.1, -0.05) is 53.3 Å². The lowest BCUT2D eigenvalue weighted by Crippen LogP contribution is -2.34. The number of rotatable bonds is 8. The van der Waals surface area contributed by atoms with Gasteiger partial charge in [0, 0.05) is 5.02 Å². The molecule has 0 radical (unpaired) electrons. The highest BCUT2D eigenvalue weighted by atomic mass is 35.5. The topological polar surface area (TPSA) is 85.8 Å². The highest BCUT2D eigenvalue weighted by Gasteiger charge is 2.25. The van der Waals surface area contributed by atoms with Crippen molar-refractivity contribution in [1.82, 2.24) is 4.98 Å². The Bertz CT molecular complexity index is 1170. The van der Waals surface area contributed by atoms with E-state index in [2.05, 4.69) is 4.98 Å². The van der Waals surface area contributed by atoms with Gasteiger partial charge in [0.15, 0.2) is 11.7 Å². The lowest BCUT2D eigenvalue weighted by atomic mass is 10.2. The van der Waals surface area contributed by atoms with E-state index in [1.165, 1.54) is 17.0 Å². The SMILES string of the molecule is CCOC(=O)c1sc(N(Cc2ccccc2)C(=O)COC(=O)c2ccc(Cl)cc2F)nc1C. The smallest absolute Gasteiger partial charge is 0.350 e. The fourth-order valence-electron chi connectivity index (χ4n) is 2.85. The van der Waals surface area contributed by atoms with Gasteiger partial charge in [-0.25, -0.2) is 19.0 Å². The summed E-state index contributed by atoms with van der Waals surface area (Å²) in [4.78, 5) is 43.4. The summed E-state index contributed by atoms with van der Waals surface area (Å²) in [5, 5.41) is 0.379. The van der Waals surface area contributed by atoms with Crippen molar-refractivity contribution < 1.29 is 28.2 Å². The van der Waals surface area contributed by atoms with Crippen molar-refractivity contribution in [2.45, 2.75) is 20.4 Å². The summed E-state index contributed by atoms with van der Waals surface area (Å²) in [5.74, 6) is -2.98. The molecule has 1 amide bonds. The fourth-order valence-corrected chi connectivity index (χ4v) is 3.99. The minimum absolute atomic E-state index is 0.127. The molecule has 0 unspecified atom stereocenters. The van der Waals surface area contributed by atoms with Gasteiger partial charge < -0.3 is 9.47 Å². The fraction of sp³-hybridized carbons (Fsp3) is 0.217. The largest absolute Gasteiger partial charge is 0.462 e. The number of esters is 2. The standard InChI is InChI=1S/C23H20ClFN2O5S/c1-3-31-22(30)20-14(2)26-23(33-20)27(12-15-7-5-4-6-8-15)19(28)13-32-21(29)17-10-9-16(24)11-18(17)25/h4-11H,3,12-13H2,1-2H3. The lowest BCUT2D eigenvalue weighted by Gasteiger charge is -2.20. The Kier molecular flexibility index (Phi) is 8.13. The molecular weight excluding hydrogens is 471 g/mol. The number of aromatic nitrogens is 1. The highest BCUT2D eigenvalue weighted by molar-refractivity contribution is 7.17. The van der Waals surface area contributed by atoms with Crippen molar-refractivity contribution >= 4 is 45.9 Å². The molecule has 172 valence electrons. The molecule has 0 N–H and O–H groups in total. The third-order valence-electron chi connectivity index (χ3n) is 4.44. The molecule has 0 aliphatic carbocycles. The van der Waals surface area contributed by atoms with Crippen LogP contribution in [0.2, 0.25) is 5.02 Å². The number of thiazole rings is 1. The quantitative estimate of drug-likeness (QED) is 0.421. The number of carbonyl (C=O) groups is 3. The summed E-state index contributed by atoms with van der Waals surface area (Å²) < 4.78 is 24.1. The first kappa shape index (κ1) is 24.3. The Morgan fingerprint density at radius 1 is 1.09 bits per heavy atom. The first-order valence-corrected chi connectivity index (χ1v) is 11.1. The van der Waals surface area contributed by atoms with Crippen LogP contribution in [-0.4, -0.2) is 36.0 Å². The third-order valence-corrected chi connectivity index (χ3v) is 5.83. The number of halogens is 2. The Labute approximate surface area is 198 Å². The molecule has 2 aromatic carbocycles. The number of aryl methyl sites for hydroxylation is 1. The second kappa shape index (κ2) is 11.0. The normalized spacial score (nSPS) is 10.5. The van der Waals surface area contributed by atoms with E-state index in [-0.39, 0.29) is 33.7 Å². The van der Waals surface area contributed by atoms with E-state index in [9.17, 15) is 18.8 Å². The van der Waals surface area contributed by atoms with Gasteiger partial charge in [-0.3, -0.25) is 9.69 Å². The van der Waals surface area contributed by atoms with E-state index in [0.717, 1.165) is 23.0 Å². The van der Waals surface area contributed by atoms with Gasteiger partial charge in [0.1, 0.15) is 10.7 Å². The van der Waals surface area contributed by atoms with Gasteiger partial charge in [0.05, 0.1) is 24.4 Å². The molecule has 0 aliphatic heterocycles. The van der Waals surface area contributed by atoms with Gasteiger partial charge in [-0.15, -0.1) is 0 Å². The van der Waals surface area contributed by atoms with Crippen LogP contribution < -0.4 is 4.90 Å². The van der Waals surface area contributed by atoms with Crippen molar-refractivity contribution in [1.29, 1.82) is 0 Å². The van der Waals surface area contributed by atoms with Crippen LogP contribution in [0, 0.1) is 12.7 Å². The molecule has 3 aromatic rings. The molecule has 33 heavy (non-hydrogen) atoms. The monoisotopic (exact) mass is 490 g/mol. The van der Waals surface area contributed by atoms with Crippen LogP contribution in [0.25, 0.3) is 0 Å². The first-order valence-electron chi connectivity index (χ1n) is 9.91. The van der Waals surface area contributed by atoms with Crippen molar-refractivity contribution in [3.8, 4) is 0 Å². The van der Waals surface area contributed by atoms with Gasteiger partial charge in [0.2, 0.25) is 0 Å². The summed E-state index contributed by atoms with van der Waals surface area (Å²) >= 11 is 6.70. The number of benzene rings is 2. The van der Waals surface area contributed by atoms with Crippen molar-refractivity contribution in [3.05, 3.63) is 81.1 Å². The number of ether oxygens (including phenoxy) is 2. The van der Waals surface area contributed by atoms with Gasteiger partial charge in [-0.05, 0) is 37.6 Å². The number of carbonyl (C=O) groups excluding carboxylic acids is 3. The molecule has 0 fully saturated rings. The number of hydrogen-bond donors (Lipinski definition) is 0. The molecule has 0 atom stereocenters. The number of hydrogen-bond acceptors (Lipinski definition) is 7. The van der Waals surface area contributed by atoms with E-state index < -0.39 is 30.3 Å². The molecule has 10 heteroatoms. The zero-order chi connectivity index (χ0) is 24.0. The van der Waals surface area contributed by atoms with Gasteiger partial charge in [0.25, 0.3) is 5.91 Å². The molecule has 0 spiro atoms. The van der Waals surface area contributed by atoms with E-state index >= 15 is 0 Å². The summed E-state index contributed by atoms with van der Waals surface area (Å²) in [6.07, 6.45) is 0. The second-order valence-corrected chi connectivity index (χ2v) is 8.21. The summed E-state index contributed by atoms with van der Waals surface area (Å²) in [7, 11) is 0. The predicted molar refractivity (Wildman–Crippen MR) is 122 cm³/mol. The van der Waals surface area contributed by atoms with E-state index in [1.807, 2.05) is 30.3 Å². The molecule has 0 saturated carbocycles. The number of nitrogens with zero attached hydrogens (tertiary/aromatic N) is 2. The molecule has 3 rings (SSSR count). The summed E-state index contributed by atoms with van der Waals surface area (Å²) in [6, 6.07) is 12.6. The Morgan fingerprint density at radius 3 is 2.48 bits per heavy atom. The maximum Gasteiger partial charge on any atom is 0.350 e. The zero-order valence-electron chi connectivity index (χ0n) is 17.8. The molecule has 0 aliphatic rings. The summed E-state index contributed by atoms with van der Waals surface area (Å²) in [5.41, 5.74) is 0.877. The molecule has 1 aromatic heterocycles. The van der Waals surface area contributed by atoms with Gasteiger partial charge >= 0.3 is 11.9 Å². The van der Waals surface area contributed by atoms with Crippen LogP contribution in [0.5, 0.6) is 0 Å². The van der Waals surface area contributed by atoms with Crippen LogP contribution in [0.15, 0.2) is 48.5 Å². The molecule has 7 nitrogen and oxygen atoms in total.